The average molecular weight is 362 g/mol. The number of amides is 2. The zero-order valence-corrected chi connectivity index (χ0v) is 15.5. The number of hydrogen-bond acceptors (Lipinski definition) is 4. The first-order valence-corrected chi connectivity index (χ1v) is 9.79. The van der Waals surface area contributed by atoms with Gasteiger partial charge in [-0.1, -0.05) is 11.6 Å². The Bertz CT molecular complexity index is 599. The highest BCUT2D eigenvalue weighted by Crippen LogP contribution is 2.19. The number of allylic oxidation sites excluding steroid dienone is 1. The normalized spacial score (nSPS) is 13.7. The van der Waals surface area contributed by atoms with Crippen LogP contribution in [0.25, 0.3) is 0 Å². The van der Waals surface area contributed by atoms with Crippen LogP contribution in [0.5, 0.6) is 5.75 Å². The molecule has 0 bridgehead atoms. The fourth-order valence-corrected chi connectivity index (χ4v) is 3.30. The summed E-state index contributed by atoms with van der Waals surface area (Å²) < 4.78 is 5.07. The topological polar surface area (TPSA) is 67.4 Å². The standard InChI is InChI=1S/C19H26N2O3S/c1-24-17-9-7-16(8-10-17)21-19(23)14-25-13-18(22)20-12-11-15-5-3-2-4-6-15/h5,7-10H,2-4,6,11-14H2,1H3,(H,20,22)(H,21,23). The van der Waals surface area contributed by atoms with E-state index < -0.39 is 0 Å². The van der Waals surface area contributed by atoms with E-state index in [1.165, 1.54) is 36.6 Å². The zero-order chi connectivity index (χ0) is 17.9. The van der Waals surface area contributed by atoms with Gasteiger partial charge < -0.3 is 15.4 Å². The number of methoxy groups -OCH3 is 1. The van der Waals surface area contributed by atoms with Crippen LogP contribution in [0.15, 0.2) is 35.9 Å². The smallest absolute Gasteiger partial charge is 0.234 e. The maximum absolute atomic E-state index is 11.9. The molecule has 6 heteroatoms. The molecule has 0 saturated heterocycles. The van der Waals surface area contributed by atoms with Crippen LogP contribution >= 0.6 is 11.8 Å². The Morgan fingerprint density at radius 1 is 1.12 bits per heavy atom. The van der Waals surface area contributed by atoms with Gasteiger partial charge in [-0.3, -0.25) is 9.59 Å². The summed E-state index contributed by atoms with van der Waals surface area (Å²) in [5.41, 5.74) is 2.18. The van der Waals surface area contributed by atoms with E-state index in [2.05, 4.69) is 16.7 Å². The Kier molecular flexibility index (Phi) is 8.39. The van der Waals surface area contributed by atoms with Crippen molar-refractivity contribution in [2.75, 3.05) is 30.5 Å². The van der Waals surface area contributed by atoms with Crippen molar-refractivity contribution in [1.82, 2.24) is 5.32 Å². The van der Waals surface area contributed by atoms with Crippen LogP contribution in [-0.2, 0) is 9.59 Å². The summed E-state index contributed by atoms with van der Waals surface area (Å²) in [7, 11) is 1.60. The second kappa shape index (κ2) is 10.8. The molecule has 1 aliphatic rings. The predicted octanol–water partition coefficient (Wildman–Crippen LogP) is 3.37. The second-order valence-corrected chi connectivity index (χ2v) is 6.96. The fraction of sp³-hybridized carbons (Fsp3) is 0.474. The SMILES string of the molecule is COc1ccc(NC(=O)CSCC(=O)NCCC2=CCCCC2)cc1. The lowest BCUT2D eigenvalue weighted by Crippen LogP contribution is -2.27. The largest absolute Gasteiger partial charge is 0.497 e. The average Bonchev–Trinajstić information content (AvgIpc) is 2.63. The number of ether oxygens (including phenoxy) is 1. The molecule has 5 nitrogen and oxygen atoms in total. The van der Waals surface area contributed by atoms with E-state index in [-0.39, 0.29) is 17.6 Å². The molecule has 0 fully saturated rings. The van der Waals surface area contributed by atoms with Crippen molar-refractivity contribution in [3.8, 4) is 5.75 Å². The third-order valence-corrected chi connectivity index (χ3v) is 4.93. The van der Waals surface area contributed by atoms with E-state index >= 15 is 0 Å². The summed E-state index contributed by atoms with van der Waals surface area (Å²) in [4.78, 5) is 23.7. The summed E-state index contributed by atoms with van der Waals surface area (Å²) in [5.74, 6) is 1.17. The van der Waals surface area contributed by atoms with Crippen molar-refractivity contribution in [1.29, 1.82) is 0 Å². The van der Waals surface area contributed by atoms with E-state index in [1.54, 1.807) is 31.4 Å². The number of carbonyl (C=O) groups excluding carboxylic acids is 2. The van der Waals surface area contributed by atoms with E-state index in [9.17, 15) is 9.59 Å². The minimum atomic E-state index is -0.115. The van der Waals surface area contributed by atoms with Gasteiger partial charge in [0.15, 0.2) is 0 Å². The van der Waals surface area contributed by atoms with Crippen molar-refractivity contribution in [2.45, 2.75) is 32.1 Å². The van der Waals surface area contributed by atoms with Crippen LogP contribution in [-0.4, -0.2) is 37.0 Å². The number of hydrogen-bond donors (Lipinski definition) is 2. The third-order valence-electron chi connectivity index (χ3n) is 3.99. The Morgan fingerprint density at radius 3 is 2.56 bits per heavy atom. The number of anilines is 1. The van der Waals surface area contributed by atoms with Crippen LogP contribution in [0.3, 0.4) is 0 Å². The molecular weight excluding hydrogens is 336 g/mol. The van der Waals surface area contributed by atoms with Gasteiger partial charge in [-0.25, -0.2) is 0 Å². The van der Waals surface area contributed by atoms with Gasteiger partial charge in [0.2, 0.25) is 11.8 Å². The molecule has 2 N–H and O–H groups in total. The Balaban J connectivity index is 1.56. The summed E-state index contributed by atoms with van der Waals surface area (Å²) >= 11 is 1.32. The van der Waals surface area contributed by atoms with Crippen molar-refractivity contribution in [2.24, 2.45) is 0 Å². The highest BCUT2D eigenvalue weighted by molar-refractivity contribution is 8.00. The molecule has 0 aromatic heterocycles. The van der Waals surface area contributed by atoms with E-state index in [0.29, 0.717) is 12.3 Å². The predicted molar refractivity (Wildman–Crippen MR) is 103 cm³/mol. The summed E-state index contributed by atoms with van der Waals surface area (Å²) in [5, 5.41) is 5.72. The molecule has 136 valence electrons. The monoisotopic (exact) mass is 362 g/mol. The van der Waals surface area contributed by atoms with Gasteiger partial charge in [-0.2, -0.15) is 0 Å². The van der Waals surface area contributed by atoms with Crippen molar-refractivity contribution < 1.29 is 14.3 Å². The molecule has 1 aromatic carbocycles. The Hall–Kier alpha value is -1.95. The number of thioether (sulfide) groups is 1. The first-order chi connectivity index (χ1) is 12.2. The third kappa shape index (κ3) is 7.65. The van der Waals surface area contributed by atoms with E-state index in [4.69, 9.17) is 4.74 Å². The van der Waals surface area contributed by atoms with Crippen LogP contribution in [0.4, 0.5) is 5.69 Å². The lowest BCUT2D eigenvalue weighted by atomic mass is 9.97. The number of benzene rings is 1. The maximum Gasteiger partial charge on any atom is 0.234 e. The summed E-state index contributed by atoms with van der Waals surface area (Å²) in [6, 6.07) is 7.15. The number of rotatable bonds is 9. The molecule has 0 saturated carbocycles. The van der Waals surface area contributed by atoms with E-state index in [0.717, 1.165) is 24.3 Å². The first kappa shape index (κ1) is 19.4. The van der Waals surface area contributed by atoms with Gasteiger partial charge in [-0.05, 0) is 56.4 Å². The highest BCUT2D eigenvalue weighted by atomic mass is 32.2. The summed E-state index contributed by atoms with van der Waals surface area (Å²) in [6.07, 6.45) is 8.12. The van der Waals surface area contributed by atoms with Gasteiger partial charge in [0.25, 0.3) is 0 Å². The lowest BCUT2D eigenvalue weighted by Gasteiger charge is -2.12. The molecule has 0 aliphatic heterocycles. The van der Waals surface area contributed by atoms with Gasteiger partial charge in [0, 0.05) is 12.2 Å². The molecule has 0 atom stereocenters. The molecule has 0 unspecified atom stereocenters. The Labute approximate surface area is 153 Å². The maximum atomic E-state index is 11.9. The Morgan fingerprint density at radius 2 is 1.88 bits per heavy atom. The van der Waals surface area contributed by atoms with Crippen LogP contribution in [0.1, 0.15) is 32.1 Å². The molecular formula is C19H26N2O3S. The van der Waals surface area contributed by atoms with Gasteiger partial charge in [-0.15, -0.1) is 11.8 Å². The molecule has 1 aliphatic carbocycles. The minimum absolute atomic E-state index is 0.0151. The van der Waals surface area contributed by atoms with Gasteiger partial charge in [0.1, 0.15) is 5.75 Å². The quantitative estimate of drug-likeness (QED) is 0.661. The highest BCUT2D eigenvalue weighted by Gasteiger charge is 2.07. The molecule has 0 spiro atoms. The first-order valence-electron chi connectivity index (χ1n) is 8.63. The summed E-state index contributed by atoms with van der Waals surface area (Å²) in [6.45, 7) is 0.684. The van der Waals surface area contributed by atoms with Crippen LogP contribution < -0.4 is 15.4 Å². The minimum Gasteiger partial charge on any atom is -0.497 e. The molecule has 0 radical (unpaired) electrons. The second-order valence-electron chi connectivity index (χ2n) is 5.98. The molecule has 25 heavy (non-hydrogen) atoms. The number of nitrogens with one attached hydrogen (secondary N) is 2. The van der Waals surface area contributed by atoms with Crippen LogP contribution in [0, 0.1) is 0 Å². The molecule has 1 aromatic rings. The van der Waals surface area contributed by atoms with Crippen molar-refractivity contribution in [3.05, 3.63) is 35.9 Å². The van der Waals surface area contributed by atoms with Gasteiger partial charge in [0.05, 0.1) is 18.6 Å². The molecule has 2 amide bonds. The van der Waals surface area contributed by atoms with Crippen LogP contribution in [0.2, 0.25) is 0 Å². The zero-order valence-electron chi connectivity index (χ0n) is 14.7. The van der Waals surface area contributed by atoms with Gasteiger partial charge >= 0.3 is 0 Å². The molecule has 0 heterocycles. The number of carbonyl (C=O) groups is 2. The lowest BCUT2D eigenvalue weighted by molar-refractivity contribution is -0.118. The molecule has 2 rings (SSSR count). The van der Waals surface area contributed by atoms with Crippen molar-refractivity contribution >= 4 is 29.3 Å². The van der Waals surface area contributed by atoms with Crippen molar-refractivity contribution in [3.63, 3.8) is 0 Å². The fourth-order valence-electron chi connectivity index (χ4n) is 2.65. The van der Waals surface area contributed by atoms with E-state index in [1.807, 2.05) is 0 Å².